The van der Waals surface area contributed by atoms with Crippen molar-refractivity contribution in [3.8, 4) is 10.4 Å². The van der Waals surface area contributed by atoms with Crippen molar-refractivity contribution in [3.63, 3.8) is 0 Å². The molecule has 108 valence electrons. The molecule has 2 N–H and O–H groups in total. The molecule has 0 spiro atoms. The van der Waals surface area contributed by atoms with E-state index in [9.17, 15) is 21.4 Å². The fourth-order valence-corrected chi connectivity index (χ4v) is 3.94. The van der Waals surface area contributed by atoms with E-state index in [0.717, 1.165) is 17.0 Å². The van der Waals surface area contributed by atoms with Crippen molar-refractivity contribution in [2.75, 3.05) is 0 Å². The van der Waals surface area contributed by atoms with Crippen molar-refractivity contribution >= 4 is 31.6 Å². The second-order valence-electron chi connectivity index (χ2n) is 4.02. The number of hydrogen-bond acceptors (Lipinski definition) is 5. The maximum atomic E-state index is 11.4. The molecule has 9 heteroatoms. The smallest absolute Gasteiger partial charge is 0.282 e. The largest absolute Gasteiger partial charge is 0.295 e. The average molecular weight is 334 g/mol. The molecule has 0 atom stereocenters. The number of benzene rings is 1. The zero-order valence-corrected chi connectivity index (χ0v) is 12.6. The van der Waals surface area contributed by atoms with Gasteiger partial charge in [0.2, 0.25) is 0 Å². The van der Waals surface area contributed by atoms with Gasteiger partial charge in [0.25, 0.3) is 20.2 Å². The van der Waals surface area contributed by atoms with E-state index in [1.54, 1.807) is 12.1 Å². The van der Waals surface area contributed by atoms with Crippen LogP contribution in [0.3, 0.4) is 0 Å². The Morgan fingerprint density at radius 2 is 1.60 bits per heavy atom. The van der Waals surface area contributed by atoms with Gasteiger partial charge in [0, 0.05) is 15.3 Å². The zero-order valence-electron chi connectivity index (χ0n) is 10.1. The first kappa shape index (κ1) is 15.1. The van der Waals surface area contributed by atoms with E-state index in [2.05, 4.69) is 0 Å². The summed E-state index contributed by atoms with van der Waals surface area (Å²) in [6.45, 7) is 1.83. The van der Waals surface area contributed by atoms with Crippen molar-refractivity contribution in [3.05, 3.63) is 35.2 Å². The average Bonchev–Trinajstić information content (AvgIpc) is 2.72. The van der Waals surface area contributed by atoms with Gasteiger partial charge in [0.1, 0.15) is 4.90 Å². The Kier molecular flexibility index (Phi) is 3.73. The van der Waals surface area contributed by atoms with Crippen LogP contribution in [0.25, 0.3) is 10.4 Å². The van der Waals surface area contributed by atoms with E-state index in [4.69, 9.17) is 4.55 Å². The van der Waals surface area contributed by atoms with Crippen LogP contribution in [-0.4, -0.2) is 25.9 Å². The number of thiophene rings is 1. The summed E-state index contributed by atoms with van der Waals surface area (Å²) in [5.41, 5.74) is 0.179. The lowest BCUT2D eigenvalue weighted by Crippen LogP contribution is -2.04. The van der Waals surface area contributed by atoms with Crippen molar-refractivity contribution in [2.24, 2.45) is 0 Å². The Labute approximate surface area is 120 Å². The zero-order chi connectivity index (χ0) is 15.1. The van der Waals surface area contributed by atoms with Crippen molar-refractivity contribution in [1.29, 1.82) is 0 Å². The number of rotatable bonds is 3. The molecule has 1 aromatic heterocycles. The van der Waals surface area contributed by atoms with Gasteiger partial charge in [-0.05, 0) is 31.2 Å². The van der Waals surface area contributed by atoms with E-state index in [1.807, 2.05) is 6.92 Å². The van der Waals surface area contributed by atoms with E-state index in [0.29, 0.717) is 4.88 Å². The van der Waals surface area contributed by atoms with E-state index >= 15 is 0 Å². The first-order valence-electron chi connectivity index (χ1n) is 5.25. The van der Waals surface area contributed by atoms with Crippen LogP contribution in [0.2, 0.25) is 0 Å². The third kappa shape index (κ3) is 3.07. The van der Waals surface area contributed by atoms with Crippen LogP contribution >= 0.6 is 11.3 Å². The van der Waals surface area contributed by atoms with Gasteiger partial charge in [-0.3, -0.25) is 9.11 Å². The number of aryl methyl sites for hydroxylation is 1. The summed E-state index contributed by atoms with van der Waals surface area (Å²) in [4.78, 5) is 0.341. The molecule has 0 radical (unpaired) electrons. The highest BCUT2D eigenvalue weighted by Crippen LogP contribution is 2.34. The van der Waals surface area contributed by atoms with Crippen molar-refractivity contribution in [2.45, 2.75) is 16.7 Å². The van der Waals surface area contributed by atoms with Crippen LogP contribution in [0.15, 0.2) is 40.1 Å². The van der Waals surface area contributed by atoms with Gasteiger partial charge in [-0.15, -0.1) is 11.3 Å². The third-order valence-corrected chi connectivity index (χ3v) is 5.31. The molecule has 0 bridgehead atoms. The minimum absolute atomic E-state index is 0.179. The highest BCUT2D eigenvalue weighted by atomic mass is 32.2. The molecule has 0 saturated heterocycles. The van der Waals surface area contributed by atoms with Crippen LogP contribution in [0, 0.1) is 6.92 Å². The molecule has 0 amide bonds. The molecule has 6 nitrogen and oxygen atoms in total. The summed E-state index contributed by atoms with van der Waals surface area (Å²) in [6.07, 6.45) is 0. The second kappa shape index (κ2) is 4.93. The highest BCUT2D eigenvalue weighted by Gasteiger charge is 2.21. The lowest BCUT2D eigenvalue weighted by atomic mass is 10.2. The van der Waals surface area contributed by atoms with Crippen LogP contribution < -0.4 is 0 Å². The molecule has 0 aliphatic rings. The van der Waals surface area contributed by atoms with Gasteiger partial charge in [-0.1, -0.05) is 6.07 Å². The molecule has 20 heavy (non-hydrogen) atoms. The third-order valence-electron chi connectivity index (χ3n) is 2.53. The van der Waals surface area contributed by atoms with Crippen molar-refractivity contribution < 1.29 is 25.9 Å². The Hall–Kier alpha value is -1.26. The molecule has 1 aromatic carbocycles. The minimum atomic E-state index is -4.62. The van der Waals surface area contributed by atoms with Crippen LogP contribution in [0.5, 0.6) is 0 Å². The standard InChI is InChI=1S/C11H10O6S3/c1-7-2-5-10(18-7)9-4-3-8(19(12,13)14)6-11(9)20(15,16)17/h2-6H,1H3,(H,12,13,14)(H,15,16,17). The van der Waals surface area contributed by atoms with Gasteiger partial charge in [0.15, 0.2) is 0 Å². The van der Waals surface area contributed by atoms with Gasteiger partial charge >= 0.3 is 0 Å². The first-order chi connectivity index (χ1) is 9.09. The van der Waals surface area contributed by atoms with Gasteiger partial charge in [-0.25, -0.2) is 0 Å². The Balaban J connectivity index is 2.77. The predicted molar refractivity (Wildman–Crippen MR) is 74.1 cm³/mol. The maximum absolute atomic E-state index is 11.4. The van der Waals surface area contributed by atoms with Crippen LogP contribution in [0.1, 0.15) is 4.88 Å². The minimum Gasteiger partial charge on any atom is -0.282 e. The van der Waals surface area contributed by atoms with Crippen molar-refractivity contribution in [1.82, 2.24) is 0 Å². The fourth-order valence-electron chi connectivity index (χ4n) is 1.66. The summed E-state index contributed by atoms with van der Waals surface area (Å²) in [7, 11) is -9.18. The summed E-state index contributed by atoms with van der Waals surface area (Å²) in [6, 6.07) is 6.47. The SMILES string of the molecule is Cc1ccc(-c2ccc(S(=O)(=O)O)cc2S(=O)(=O)O)s1. The summed E-state index contributed by atoms with van der Waals surface area (Å²) in [5.74, 6) is 0. The van der Waals surface area contributed by atoms with Gasteiger partial charge < -0.3 is 0 Å². The highest BCUT2D eigenvalue weighted by molar-refractivity contribution is 7.86. The van der Waals surface area contributed by atoms with Gasteiger partial charge in [0.05, 0.1) is 4.90 Å². The Morgan fingerprint density at radius 3 is 2.05 bits per heavy atom. The predicted octanol–water partition coefficient (Wildman–Crippen LogP) is 2.22. The number of hydrogen-bond donors (Lipinski definition) is 2. The normalized spacial score (nSPS) is 12.6. The van der Waals surface area contributed by atoms with Gasteiger partial charge in [-0.2, -0.15) is 16.8 Å². The molecule has 0 saturated carbocycles. The molecule has 1 heterocycles. The molecule has 0 aliphatic carbocycles. The summed E-state index contributed by atoms with van der Waals surface area (Å²) >= 11 is 1.30. The lowest BCUT2D eigenvalue weighted by molar-refractivity contribution is 0.481. The summed E-state index contributed by atoms with van der Waals surface area (Å²) < 4.78 is 63.1. The second-order valence-corrected chi connectivity index (χ2v) is 8.12. The molecular formula is C11H10O6S3. The molecule has 2 rings (SSSR count). The monoisotopic (exact) mass is 334 g/mol. The van der Waals surface area contributed by atoms with Crippen LogP contribution in [-0.2, 0) is 20.2 Å². The fraction of sp³-hybridized carbons (Fsp3) is 0.0909. The van der Waals surface area contributed by atoms with E-state index in [-0.39, 0.29) is 5.56 Å². The Morgan fingerprint density at radius 1 is 0.950 bits per heavy atom. The molecule has 0 aliphatic heterocycles. The van der Waals surface area contributed by atoms with Crippen LogP contribution in [0.4, 0.5) is 0 Å². The molecule has 0 unspecified atom stereocenters. The van der Waals surface area contributed by atoms with E-state index in [1.165, 1.54) is 17.4 Å². The topological polar surface area (TPSA) is 109 Å². The Bertz CT molecular complexity index is 861. The first-order valence-corrected chi connectivity index (χ1v) is 8.94. The summed E-state index contributed by atoms with van der Waals surface area (Å²) in [5, 5.41) is 0. The molecular weight excluding hydrogens is 324 g/mol. The quantitative estimate of drug-likeness (QED) is 0.833. The maximum Gasteiger partial charge on any atom is 0.295 e. The van der Waals surface area contributed by atoms with E-state index < -0.39 is 30.0 Å². The molecule has 0 fully saturated rings. The molecule has 2 aromatic rings. The lowest BCUT2D eigenvalue weighted by Gasteiger charge is -2.07.